The number of hydrogen-bond donors (Lipinski definition) is 1. The summed E-state index contributed by atoms with van der Waals surface area (Å²) >= 11 is 0. The highest BCUT2D eigenvalue weighted by atomic mass is 19.4. The van der Waals surface area contributed by atoms with Crippen molar-refractivity contribution in [3.8, 4) is 0 Å². The van der Waals surface area contributed by atoms with Gasteiger partial charge in [0.15, 0.2) is 0 Å². The van der Waals surface area contributed by atoms with Crippen molar-refractivity contribution in [3.05, 3.63) is 29.6 Å². The highest BCUT2D eigenvalue weighted by molar-refractivity contribution is 5.77. The van der Waals surface area contributed by atoms with Gasteiger partial charge < -0.3 is 14.6 Å². The van der Waals surface area contributed by atoms with Gasteiger partial charge in [-0.1, -0.05) is 0 Å². The third kappa shape index (κ3) is 2.27. The number of benzene rings is 1. The Labute approximate surface area is 113 Å². The first-order valence-electron chi connectivity index (χ1n) is 6.33. The minimum absolute atomic E-state index is 0.226. The van der Waals surface area contributed by atoms with E-state index in [1.54, 1.807) is 11.6 Å². The minimum Gasteiger partial charge on any atom is -0.368 e. The molecule has 1 aliphatic rings. The zero-order valence-electron chi connectivity index (χ0n) is 10.9. The molecule has 1 atom stereocenters. The Kier molecular flexibility index (Phi) is 3.18. The summed E-state index contributed by atoms with van der Waals surface area (Å²) in [6, 6.07) is 3.60. The lowest BCUT2D eigenvalue weighted by atomic mass is 10.2. The topological polar surface area (TPSA) is 39.1 Å². The largest absolute Gasteiger partial charge is 0.416 e. The predicted molar refractivity (Wildman–Crippen MR) is 67.3 cm³/mol. The Balaban J connectivity index is 2.04. The van der Waals surface area contributed by atoms with Crippen LogP contribution in [0.3, 0.4) is 0 Å². The third-order valence-electron chi connectivity index (χ3n) is 3.46. The van der Waals surface area contributed by atoms with Crippen molar-refractivity contribution in [3.63, 3.8) is 0 Å². The molecular weight excluding hydrogens is 271 g/mol. The van der Waals surface area contributed by atoms with Crippen LogP contribution in [-0.2, 0) is 18.0 Å². The van der Waals surface area contributed by atoms with E-state index in [9.17, 15) is 13.2 Å². The van der Waals surface area contributed by atoms with Gasteiger partial charge in [0.1, 0.15) is 11.9 Å². The first-order valence-corrected chi connectivity index (χ1v) is 6.33. The molecular formula is C13H14F3N3O. The molecule has 108 valence electrons. The van der Waals surface area contributed by atoms with E-state index in [-0.39, 0.29) is 6.10 Å². The van der Waals surface area contributed by atoms with Crippen molar-refractivity contribution < 1.29 is 17.9 Å². The monoisotopic (exact) mass is 285 g/mol. The van der Waals surface area contributed by atoms with Crippen molar-refractivity contribution >= 4 is 11.0 Å². The van der Waals surface area contributed by atoms with E-state index < -0.39 is 11.7 Å². The fourth-order valence-electron chi connectivity index (χ4n) is 2.41. The molecule has 1 saturated heterocycles. The summed E-state index contributed by atoms with van der Waals surface area (Å²) < 4.78 is 45.5. The number of ether oxygens (including phenoxy) is 1. The van der Waals surface area contributed by atoms with Crippen LogP contribution in [0.2, 0.25) is 0 Å². The summed E-state index contributed by atoms with van der Waals surface area (Å²) in [6.07, 6.45) is -4.58. The predicted octanol–water partition coefficient (Wildman–Crippen LogP) is 2.25. The van der Waals surface area contributed by atoms with Gasteiger partial charge in [-0.05, 0) is 18.2 Å². The zero-order valence-corrected chi connectivity index (χ0v) is 10.9. The van der Waals surface area contributed by atoms with Gasteiger partial charge in [-0.3, -0.25) is 0 Å². The van der Waals surface area contributed by atoms with Gasteiger partial charge in [-0.25, -0.2) is 4.98 Å². The van der Waals surface area contributed by atoms with E-state index in [1.165, 1.54) is 6.07 Å². The molecule has 2 aromatic rings. The summed E-state index contributed by atoms with van der Waals surface area (Å²) in [7, 11) is 1.79. The molecule has 3 rings (SSSR count). The summed E-state index contributed by atoms with van der Waals surface area (Å²) in [6.45, 7) is 1.96. The normalized spacial score (nSPS) is 20.5. The van der Waals surface area contributed by atoms with E-state index in [4.69, 9.17) is 4.74 Å². The highest BCUT2D eigenvalue weighted by Crippen LogP contribution is 2.32. The fourth-order valence-corrected chi connectivity index (χ4v) is 2.41. The summed E-state index contributed by atoms with van der Waals surface area (Å²) in [5.41, 5.74) is 0.325. The van der Waals surface area contributed by atoms with Crippen LogP contribution in [0, 0.1) is 0 Å². The van der Waals surface area contributed by atoms with Crippen LogP contribution in [0.5, 0.6) is 0 Å². The molecule has 2 heterocycles. The molecule has 0 spiro atoms. The van der Waals surface area contributed by atoms with Gasteiger partial charge in [-0.2, -0.15) is 13.2 Å². The molecule has 1 aromatic heterocycles. The molecule has 1 fully saturated rings. The van der Waals surface area contributed by atoms with Crippen LogP contribution in [0.25, 0.3) is 11.0 Å². The average molecular weight is 285 g/mol. The maximum Gasteiger partial charge on any atom is 0.416 e. The van der Waals surface area contributed by atoms with Gasteiger partial charge in [0.2, 0.25) is 0 Å². The second kappa shape index (κ2) is 4.75. The number of morpholine rings is 1. The van der Waals surface area contributed by atoms with Gasteiger partial charge in [-0.15, -0.1) is 0 Å². The molecule has 1 unspecified atom stereocenters. The zero-order chi connectivity index (χ0) is 14.3. The van der Waals surface area contributed by atoms with E-state index in [0.29, 0.717) is 30.0 Å². The van der Waals surface area contributed by atoms with Crippen molar-refractivity contribution in [2.24, 2.45) is 7.05 Å². The maximum absolute atomic E-state index is 12.7. The van der Waals surface area contributed by atoms with Crippen LogP contribution >= 0.6 is 0 Å². The van der Waals surface area contributed by atoms with Crippen molar-refractivity contribution in [2.75, 3.05) is 19.7 Å². The summed E-state index contributed by atoms with van der Waals surface area (Å²) in [5, 5.41) is 3.18. The van der Waals surface area contributed by atoms with Crippen LogP contribution in [-0.4, -0.2) is 29.2 Å². The molecule has 1 N–H and O–H groups in total. The van der Waals surface area contributed by atoms with Crippen LogP contribution in [0.15, 0.2) is 18.2 Å². The second-order valence-corrected chi connectivity index (χ2v) is 4.79. The highest BCUT2D eigenvalue weighted by Gasteiger charge is 2.31. The Morgan fingerprint density at radius 1 is 1.40 bits per heavy atom. The first-order chi connectivity index (χ1) is 9.47. The summed E-state index contributed by atoms with van der Waals surface area (Å²) in [5.74, 6) is 0.645. The quantitative estimate of drug-likeness (QED) is 0.873. The summed E-state index contributed by atoms with van der Waals surface area (Å²) in [4.78, 5) is 4.31. The molecule has 20 heavy (non-hydrogen) atoms. The number of halogens is 3. The average Bonchev–Trinajstić information content (AvgIpc) is 2.76. The molecule has 0 aliphatic carbocycles. The van der Waals surface area contributed by atoms with Crippen LogP contribution < -0.4 is 5.32 Å². The molecule has 0 radical (unpaired) electrons. The number of rotatable bonds is 1. The smallest absolute Gasteiger partial charge is 0.368 e. The molecule has 1 aliphatic heterocycles. The van der Waals surface area contributed by atoms with Crippen molar-refractivity contribution in [1.29, 1.82) is 0 Å². The Bertz CT molecular complexity index is 630. The molecule has 0 bridgehead atoms. The molecule has 4 nitrogen and oxygen atoms in total. The lowest BCUT2D eigenvalue weighted by molar-refractivity contribution is -0.137. The van der Waals surface area contributed by atoms with Crippen molar-refractivity contribution in [2.45, 2.75) is 12.3 Å². The first kappa shape index (κ1) is 13.4. The number of nitrogens with zero attached hydrogens (tertiary/aromatic N) is 2. The SMILES string of the molecule is Cn1c(C2CNCCO2)nc2cc(C(F)(F)F)ccc21. The fraction of sp³-hybridized carbons (Fsp3) is 0.462. The van der Waals surface area contributed by atoms with Gasteiger partial charge in [0.05, 0.1) is 23.2 Å². The number of imidazole rings is 1. The van der Waals surface area contributed by atoms with E-state index >= 15 is 0 Å². The second-order valence-electron chi connectivity index (χ2n) is 4.79. The molecule has 0 saturated carbocycles. The Morgan fingerprint density at radius 3 is 2.85 bits per heavy atom. The number of fused-ring (bicyclic) bond motifs is 1. The van der Waals surface area contributed by atoms with E-state index in [0.717, 1.165) is 18.7 Å². The Hall–Kier alpha value is -1.60. The van der Waals surface area contributed by atoms with E-state index in [1.807, 2.05) is 0 Å². The Morgan fingerprint density at radius 2 is 2.20 bits per heavy atom. The van der Waals surface area contributed by atoms with Gasteiger partial charge in [0.25, 0.3) is 0 Å². The lowest BCUT2D eigenvalue weighted by Crippen LogP contribution is -2.34. The van der Waals surface area contributed by atoms with Gasteiger partial charge in [0, 0.05) is 20.1 Å². The number of aromatic nitrogens is 2. The maximum atomic E-state index is 12.7. The number of alkyl halides is 3. The van der Waals surface area contributed by atoms with Crippen LogP contribution in [0.4, 0.5) is 13.2 Å². The molecule has 0 amide bonds. The number of hydrogen-bond acceptors (Lipinski definition) is 3. The van der Waals surface area contributed by atoms with Crippen LogP contribution in [0.1, 0.15) is 17.5 Å². The third-order valence-corrected chi connectivity index (χ3v) is 3.46. The minimum atomic E-state index is -4.35. The van der Waals surface area contributed by atoms with E-state index in [2.05, 4.69) is 10.3 Å². The molecule has 1 aromatic carbocycles. The molecule has 7 heteroatoms. The van der Waals surface area contributed by atoms with Gasteiger partial charge >= 0.3 is 6.18 Å². The lowest BCUT2D eigenvalue weighted by Gasteiger charge is -2.23. The number of aryl methyl sites for hydroxylation is 1. The van der Waals surface area contributed by atoms with Crippen molar-refractivity contribution in [1.82, 2.24) is 14.9 Å². The standard InChI is InChI=1S/C13H14F3N3O/c1-19-10-3-2-8(13(14,15)16)6-9(10)18-12(19)11-7-17-4-5-20-11/h2-3,6,11,17H,4-5,7H2,1H3. The number of nitrogens with one attached hydrogen (secondary N) is 1.